The first-order chi connectivity index (χ1) is 24.3. The highest BCUT2D eigenvalue weighted by Gasteiger charge is 2.29. The largest absolute Gasteiger partial charge is 0.370 e. The Morgan fingerprint density at radius 1 is 0.222 bits per heavy atom. The molecule has 0 aliphatic heterocycles. The van der Waals surface area contributed by atoms with Gasteiger partial charge in [0.2, 0.25) is 0 Å². The lowest BCUT2D eigenvalue weighted by molar-refractivity contribution is 0.202. The molecule has 0 aromatic heterocycles. The second-order valence-corrected chi connectivity index (χ2v) is 21.2. The number of rotatable bonds is 18. The van der Waals surface area contributed by atoms with Crippen LogP contribution in [0.25, 0.3) is 0 Å². The number of hydrogen-bond donors (Lipinski definition) is 0. The van der Waals surface area contributed by atoms with Crippen molar-refractivity contribution in [3.63, 3.8) is 0 Å². The first kappa shape index (κ1) is 57.1. The fraction of sp³-hybridized carbons (Fsp3) is 0.885. The van der Waals surface area contributed by atoms with Gasteiger partial charge in [-0.25, -0.2) is 0 Å². The van der Waals surface area contributed by atoms with E-state index in [9.17, 15) is 0 Å². The van der Waals surface area contributed by atoms with Gasteiger partial charge in [-0.2, -0.15) is 0 Å². The van der Waals surface area contributed by atoms with Crippen LogP contribution >= 0.6 is 0 Å². The molecule has 0 N–H and O–H groups in total. The van der Waals surface area contributed by atoms with Gasteiger partial charge < -0.3 is 9.80 Å². The molecule has 0 atom stereocenters. The zero-order chi connectivity index (χ0) is 43.9. The topological polar surface area (TPSA) is 6.48 Å². The molecular formula is C52H106N2. The summed E-state index contributed by atoms with van der Waals surface area (Å²) in [4.78, 5) is 5.22. The van der Waals surface area contributed by atoms with Gasteiger partial charge in [0.15, 0.2) is 0 Å². The summed E-state index contributed by atoms with van der Waals surface area (Å²) in [6.07, 6.45) is 0. The van der Waals surface area contributed by atoms with Crippen molar-refractivity contribution in [1.82, 2.24) is 9.80 Å². The van der Waals surface area contributed by atoms with E-state index in [1.54, 1.807) is 33.7 Å². The fourth-order valence-electron chi connectivity index (χ4n) is 10.1. The minimum absolute atomic E-state index is 0.565. The summed E-state index contributed by atoms with van der Waals surface area (Å²) in [7, 11) is 0. The summed E-state index contributed by atoms with van der Waals surface area (Å²) in [6, 6.07) is 2.26. The summed E-state index contributed by atoms with van der Waals surface area (Å²) in [5.74, 6) is 7.89. The minimum Gasteiger partial charge on any atom is -0.370 e. The van der Waals surface area contributed by atoms with Gasteiger partial charge in [0.1, 0.15) is 0 Å². The molecule has 54 heavy (non-hydrogen) atoms. The van der Waals surface area contributed by atoms with Crippen molar-refractivity contribution in [3.8, 4) is 0 Å². The Morgan fingerprint density at radius 3 is 0.519 bits per heavy atom. The molecule has 2 heteroatoms. The van der Waals surface area contributed by atoms with Crippen molar-refractivity contribution in [2.24, 2.45) is 71.0 Å². The van der Waals surface area contributed by atoms with E-state index in [1.807, 2.05) is 0 Å². The highest BCUT2D eigenvalue weighted by molar-refractivity contribution is 5.24. The number of nitrogens with zero attached hydrogens (tertiary/aromatic N) is 2. The van der Waals surface area contributed by atoms with Gasteiger partial charge in [-0.15, -0.1) is 0 Å². The average Bonchev–Trinajstić information content (AvgIpc) is 2.94. The van der Waals surface area contributed by atoms with E-state index in [1.165, 1.54) is 0 Å². The Morgan fingerprint density at radius 2 is 0.407 bits per heavy atom. The van der Waals surface area contributed by atoms with Crippen molar-refractivity contribution >= 4 is 0 Å². The Balaban J connectivity index is -0.000000722. The molecule has 0 unspecified atom stereocenters. The van der Waals surface area contributed by atoms with Crippen molar-refractivity contribution in [1.29, 1.82) is 0 Å². The van der Waals surface area contributed by atoms with Gasteiger partial charge >= 0.3 is 0 Å². The molecule has 0 fully saturated rings. The Bertz CT molecular complexity index is 888. The quantitative estimate of drug-likeness (QED) is 0.128. The second-order valence-electron chi connectivity index (χ2n) is 21.2. The van der Waals surface area contributed by atoms with Gasteiger partial charge in [-0.3, -0.25) is 0 Å². The highest BCUT2D eigenvalue weighted by atomic mass is 15.2. The predicted octanol–water partition coefficient (Wildman–Crippen LogP) is 16.8. The van der Waals surface area contributed by atoms with E-state index in [2.05, 4.69) is 218 Å². The van der Waals surface area contributed by atoms with E-state index in [0.717, 1.165) is 17.8 Å². The van der Waals surface area contributed by atoms with Gasteiger partial charge in [0.25, 0.3) is 0 Å². The Hall–Kier alpha value is -1.18. The van der Waals surface area contributed by atoms with Crippen LogP contribution in [0.2, 0.25) is 0 Å². The summed E-state index contributed by atoms with van der Waals surface area (Å²) in [5, 5.41) is 0. The molecule has 2 nitrogen and oxygen atoms in total. The van der Waals surface area contributed by atoms with Crippen LogP contribution in [0.3, 0.4) is 0 Å². The van der Waals surface area contributed by atoms with Crippen LogP contribution in [0, 0.1) is 71.0 Å². The van der Waals surface area contributed by atoms with Crippen LogP contribution in [0.1, 0.15) is 208 Å². The molecule has 0 aliphatic rings. The summed E-state index contributed by atoms with van der Waals surface area (Å²) in [5.41, 5.74) is 9.86. The molecule has 0 rings (SSSR count). The highest BCUT2D eigenvalue weighted by Crippen LogP contribution is 2.39. The lowest BCUT2D eigenvalue weighted by Gasteiger charge is -2.40. The van der Waals surface area contributed by atoms with Crippen LogP contribution in [-0.4, -0.2) is 34.0 Å². The molecule has 0 heterocycles. The van der Waals surface area contributed by atoms with Crippen LogP contribution in [-0.2, 0) is 0 Å². The molecular weight excluding hydrogens is 653 g/mol. The average molecular weight is 759 g/mol. The molecule has 0 amide bonds. The fourth-order valence-corrected chi connectivity index (χ4v) is 10.1. The first-order valence-electron chi connectivity index (χ1n) is 23.1. The van der Waals surface area contributed by atoms with E-state index < -0.39 is 0 Å². The van der Waals surface area contributed by atoms with Crippen molar-refractivity contribution in [2.75, 3.05) is 0 Å². The van der Waals surface area contributed by atoms with Crippen molar-refractivity contribution < 1.29 is 0 Å². The first-order valence-corrected chi connectivity index (χ1v) is 23.1. The molecule has 0 saturated carbocycles. The standard InChI is InChI=1S/C18H36.2C17H35N/c1-11(2)16(12(3)4)18(15(9)10)17(13(5)6)14(7)8;2*1-11(2)16(12(3)4)17(13(5)6)18(14(7)8)15(9)10/h11-16H,1-10H3;2*11-15H,1-10H3. The molecule has 324 valence electrons. The summed E-state index contributed by atoms with van der Waals surface area (Å²) < 4.78 is 0. The Kier molecular flexibility index (Phi) is 28.2. The maximum atomic E-state index is 2.61. The van der Waals surface area contributed by atoms with Crippen LogP contribution < -0.4 is 0 Å². The summed E-state index contributed by atoms with van der Waals surface area (Å²) >= 11 is 0. The van der Waals surface area contributed by atoms with E-state index in [-0.39, 0.29) is 0 Å². The smallest absolute Gasteiger partial charge is 0.0233 e. The van der Waals surface area contributed by atoms with Gasteiger partial charge in [0.05, 0.1) is 0 Å². The zero-order valence-electron chi connectivity index (χ0n) is 43.1. The third-order valence-corrected chi connectivity index (χ3v) is 10.9. The van der Waals surface area contributed by atoms with E-state index >= 15 is 0 Å². The molecule has 0 aromatic rings. The van der Waals surface area contributed by atoms with E-state index in [0.29, 0.717) is 77.4 Å². The third-order valence-electron chi connectivity index (χ3n) is 10.9. The normalized spacial score (nSPS) is 12.3. The molecule has 0 aliphatic carbocycles. The number of allylic oxidation sites excluding steroid dienone is 6. The summed E-state index contributed by atoms with van der Waals surface area (Å²) in [6.45, 7) is 70.1. The van der Waals surface area contributed by atoms with Gasteiger partial charge in [0, 0.05) is 35.6 Å². The second kappa shape index (κ2) is 26.7. The molecule has 0 spiro atoms. The third kappa shape index (κ3) is 18.4. The monoisotopic (exact) mass is 759 g/mol. The minimum atomic E-state index is 0.565. The van der Waals surface area contributed by atoms with Crippen LogP contribution in [0.15, 0.2) is 33.7 Å². The molecule has 0 saturated heterocycles. The maximum Gasteiger partial charge on any atom is 0.0233 e. The van der Waals surface area contributed by atoms with Gasteiger partial charge in [-0.1, -0.05) is 163 Å². The SMILES string of the molecule is CC(C)C(=C(C(C)C)C(C(C)C)C(C)C)C(C)C.CC(C)C(=C(C(C)C)N(C(C)C)C(C)C)C(C)C.CC(C)C(=C(C(C)C)N(C(C)C)C(C)C)C(C)C. The van der Waals surface area contributed by atoms with E-state index in [4.69, 9.17) is 0 Å². The van der Waals surface area contributed by atoms with Crippen molar-refractivity contribution in [3.05, 3.63) is 33.7 Å². The lowest BCUT2D eigenvalue weighted by Crippen LogP contribution is -2.39. The lowest BCUT2D eigenvalue weighted by atomic mass is 9.70. The Labute approximate surface area is 345 Å². The van der Waals surface area contributed by atoms with Crippen molar-refractivity contribution in [2.45, 2.75) is 232 Å². The maximum absolute atomic E-state index is 2.61. The molecule has 0 bridgehead atoms. The zero-order valence-corrected chi connectivity index (χ0v) is 43.1. The molecule has 0 radical (unpaired) electrons. The predicted molar refractivity (Wildman–Crippen MR) is 252 cm³/mol. The van der Waals surface area contributed by atoms with Crippen LogP contribution in [0.5, 0.6) is 0 Å². The molecule has 0 aromatic carbocycles. The number of hydrogen-bond acceptors (Lipinski definition) is 2. The van der Waals surface area contributed by atoms with Gasteiger partial charge in [-0.05, 0) is 138 Å². The van der Waals surface area contributed by atoms with Crippen LogP contribution in [0.4, 0.5) is 0 Å².